The van der Waals surface area contributed by atoms with Crippen LogP contribution in [0.3, 0.4) is 0 Å². The van der Waals surface area contributed by atoms with E-state index in [1.807, 2.05) is 0 Å². The molecule has 1 amide bonds. The predicted molar refractivity (Wildman–Crippen MR) is 120 cm³/mol. The largest absolute Gasteiger partial charge is 0.466 e. The van der Waals surface area contributed by atoms with E-state index in [1.54, 1.807) is 55.5 Å². The lowest BCUT2D eigenvalue weighted by molar-refractivity contribution is -0.142. The first-order valence-corrected chi connectivity index (χ1v) is 12.0. The second kappa shape index (κ2) is 11.2. The summed E-state index contributed by atoms with van der Waals surface area (Å²) in [6, 6.07) is 13.7. The van der Waals surface area contributed by atoms with Gasteiger partial charge in [0.1, 0.15) is 0 Å². The minimum absolute atomic E-state index is 0.145. The number of rotatable bonds is 9. The molecule has 0 unspecified atom stereocenters. The number of carbonyl (C=O) groups is 2. The maximum atomic E-state index is 12.7. The lowest BCUT2D eigenvalue weighted by Crippen LogP contribution is -2.40. The molecule has 0 radical (unpaired) electrons. The minimum Gasteiger partial charge on any atom is -0.466 e. The summed E-state index contributed by atoms with van der Waals surface area (Å²) in [5.74, 6) is -0.429. The lowest BCUT2D eigenvalue weighted by atomic mass is 10.1. The van der Waals surface area contributed by atoms with Crippen molar-refractivity contribution in [1.29, 1.82) is 0 Å². The van der Waals surface area contributed by atoms with E-state index >= 15 is 0 Å². The van der Waals surface area contributed by atoms with E-state index in [-0.39, 0.29) is 29.6 Å². The molecule has 0 bridgehead atoms. The summed E-state index contributed by atoms with van der Waals surface area (Å²) < 4.78 is 36.9. The zero-order chi connectivity index (χ0) is 23.0. The highest BCUT2D eigenvalue weighted by atomic mass is 32.2. The first-order chi connectivity index (χ1) is 15.4. The Kier molecular flexibility index (Phi) is 8.38. The van der Waals surface area contributed by atoms with E-state index in [9.17, 15) is 18.0 Å². The van der Waals surface area contributed by atoms with Gasteiger partial charge in [0.25, 0.3) is 0 Å². The maximum Gasteiger partial charge on any atom is 0.310 e. The van der Waals surface area contributed by atoms with Gasteiger partial charge >= 0.3 is 5.97 Å². The van der Waals surface area contributed by atoms with Crippen molar-refractivity contribution in [2.75, 3.05) is 38.2 Å². The topological polar surface area (TPSA) is 102 Å². The van der Waals surface area contributed by atoms with Crippen LogP contribution < -0.4 is 5.32 Å². The summed E-state index contributed by atoms with van der Waals surface area (Å²) in [5, 5.41) is 2.83. The number of sulfonamides is 1. The van der Waals surface area contributed by atoms with Gasteiger partial charge in [-0.1, -0.05) is 24.3 Å². The summed E-state index contributed by atoms with van der Waals surface area (Å²) in [7, 11) is -3.52. The molecule has 8 nitrogen and oxygen atoms in total. The molecule has 0 aliphatic carbocycles. The lowest BCUT2D eigenvalue weighted by Gasteiger charge is -2.26. The normalized spacial score (nSPS) is 14.7. The highest BCUT2D eigenvalue weighted by Gasteiger charge is 2.26. The van der Waals surface area contributed by atoms with Crippen molar-refractivity contribution in [3.8, 4) is 0 Å². The van der Waals surface area contributed by atoms with Crippen LogP contribution in [0.15, 0.2) is 53.4 Å². The molecule has 1 fully saturated rings. The molecule has 1 saturated heterocycles. The summed E-state index contributed by atoms with van der Waals surface area (Å²) >= 11 is 0. The number of nitrogens with one attached hydrogen (secondary N) is 1. The summed E-state index contributed by atoms with van der Waals surface area (Å²) in [5.41, 5.74) is 2.34. The number of carbonyl (C=O) groups excluding carboxylic acids is 2. The van der Waals surface area contributed by atoms with Crippen LogP contribution in [0.25, 0.3) is 0 Å². The Hall–Kier alpha value is -2.75. The Morgan fingerprint density at radius 3 is 2.25 bits per heavy atom. The average Bonchev–Trinajstić information content (AvgIpc) is 2.80. The highest BCUT2D eigenvalue weighted by Crippen LogP contribution is 2.18. The number of anilines is 1. The van der Waals surface area contributed by atoms with Gasteiger partial charge in [0.15, 0.2) is 0 Å². The first-order valence-electron chi connectivity index (χ1n) is 10.6. The number of aryl methyl sites for hydroxylation is 1. The number of benzene rings is 2. The van der Waals surface area contributed by atoms with Crippen LogP contribution in [0.5, 0.6) is 0 Å². The molecule has 2 aromatic rings. The Labute approximate surface area is 188 Å². The van der Waals surface area contributed by atoms with E-state index in [4.69, 9.17) is 9.47 Å². The quantitative estimate of drug-likeness (QED) is 0.577. The van der Waals surface area contributed by atoms with Crippen LogP contribution in [-0.4, -0.2) is 57.5 Å². The average molecular weight is 461 g/mol. The van der Waals surface area contributed by atoms with Crippen LogP contribution in [0.2, 0.25) is 0 Å². The number of hydrogen-bond acceptors (Lipinski definition) is 6. The van der Waals surface area contributed by atoms with Gasteiger partial charge in [-0.05, 0) is 48.7 Å². The van der Waals surface area contributed by atoms with E-state index in [0.29, 0.717) is 45.0 Å². The third-order valence-electron chi connectivity index (χ3n) is 5.06. The number of amides is 1. The molecule has 0 saturated carbocycles. The number of esters is 1. The van der Waals surface area contributed by atoms with Gasteiger partial charge < -0.3 is 14.8 Å². The van der Waals surface area contributed by atoms with Gasteiger partial charge in [0, 0.05) is 25.2 Å². The molecular weight excluding hydrogens is 432 g/mol. The number of hydrogen-bond donors (Lipinski definition) is 1. The van der Waals surface area contributed by atoms with Crippen molar-refractivity contribution < 1.29 is 27.5 Å². The van der Waals surface area contributed by atoms with Crippen LogP contribution in [0.1, 0.15) is 24.5 Å². The molecule has 1 N–H and O–H groups in total. The summed E-state index contributed by atoms with van der Waals surface area (Å²) in [4.78, 5) is 24.0. The molecule has 3 rings (SSSR count). The third-order valence-corrected chi connectivity index (χ3v) is 6.98. The molecular formula is C23H28N2O6S. The molecule has 0 aromatic heterocycles. The van der Waals surface area contributed by atoms with Gasteiger partial charge in [-0.25, -0.2) is 8.42 Å². The molecule has 2 aromatic carbocycles. The minimum atomic E-state index is -3.52. The Bertz CT molecular complexity index is 1010. The van der Waals surface area contributed by atoms with Crippen molar-refractivity contribution in [2.45, 2.75) is 31.1 Å². The Balaban J connectivity index is 1.49. The Morgan fingerprint density at radius 2 is 1.62 bits per heavy atom. The third kappa shape index (κ3) is 6.62. The molecule has 0 atom stereocenters. The van der Waals surface area contributed by atoms with Crippen LogP contribution in [-0.2, 0) is 41.9 Å². The number of ether oxygens (including phenoxy) is 2. The van der Waals surface area contributed by atoms with Crippen molar-refractivity contribution in [3.63, 3.8) is 0 Å². The van der Waals surface area contributed by atoms with Gasteiger partial charge in [-0.3, -0.25) is 9.59 Å². The SMILES string of the molecule is CCOC(=O)Cc1ccc(NC(=O)CCc2ccc(S(=O)(=O)N3CCOCC3)cc2)cc1. The fourth-order valence-corrected chi connectivity index (χ4v) is 4.74. The zero-order valence-corrected chi connectivity index (χ0v) is 18.9. The second-order valence-corrected chi connectivity index (χ2v) is 9.33. The fraction of sp³-hybridized carbons (Fsp3) is 0.391. The Morgan fingerprint density at radius 1 is 1.00 bits per heavy atom. The van der Waals surface area contributed by atoms with Gasteiger partial charge in [0.05, 0.1) is 31.1 Å². The van der Waals surface area contributed by atoms with Gasteiger partial charge in [-0.2, -0.15) is 4.31 Å². The molecule has 172 valence electrons. The monoisotopic (exact) mass is 460 g/mol. The second-order valence-electron chi connectivity index (χ2n) is 7.39. The van der Waals surface area contributed by atoms with Crippen LogP contribution >= 0.6 is 0 Å². The summed E-state index contributed by atoms with van der Waals surface area (Å²) in [6.07, 6.45) is 0.949. The van der Waals surface area contributed by atoms with E-state index < -0.39 is 10.0 Å². The number of nitrogens with zero attached hydrogens (tertiary/aromatic N) is 1. The van der Waals surface area contributed by atoms with Crippen LogP contribution in [0.4, 0.5) is 5.69 Å². The fourth-order valence-electron chi connectivity index (χ4n) is 3.33. The highest BCUT2D eigenvalue weighted by molar-refractivity contribution is 7.89. The molecule has 1 heterocycles. The molecule has 0 spiro atoms. The summed E-state index contributed by atoms with van der Waals surface area (Å²) in [6.45, 7) is 3.63. The standard InChI is InChI=1S/C23H28N2O6S/c1-2-31-23(27)17-19-3-8-20(9-4-19)24-22(26)12-7-18-5-10-21(11-6-18)32(28,29)25-13-15-30-16-14-25/h3-6,8-11H,2,7,12-17H2,1H3,(H,24,26). The van der Waals surface area contributed by atoms with Gasteiger partial charge in [-0.15, -0.1) is 0 Å². The van der Waals surface area contributed by atoms with Crippen LogP contribution in [0, 0.1) is 0 Å². The molecule has 1 aliphatic rings. The van der Waals surface area contributed by atoms with Crippen molar-refractivity contribution in [1.82, 2.24) is 4.31 Å². The van der Waals surface area contributed by atoms with Crippen molar-refractivity contribution in [3.05, 3.63) is 59.7 Å². The van der Waals surface area contributed by atoms with E-state index in [0.717, 1.165) is 11.1 Å². The van der Waals surface area contributed by atoms with E-state index in [2.05, 4.69) is 5.32 Å². The molecule has 1 aliphatic heterocycles. The zero-order valence-electron chi connectivity index (χ0n) is 18.1. The molecule has 9 heteroatoms. The smallest absolute Gasteiger partial charge is 0.310 e. The molecule has 32 heavy (non-hydrogen) atoms. The predicted octanol–water partition coefficient (Wildman–Crippen LogP) is 2.38. The maximum absolute atomic E-state index is 12.7. The van der Waals surface area contributed by atoms with Crippen molar-refractivity contribution >= 4 is 27.6 Å². The van der Waals surface area contributed by atoms with E-state index in [1.165, 1.54) is 4.31 Å². The first kappa shape index (κ1) is 23.9. The number of morpholine rings is 1. The van der Waals surface area contributed by atoms with Crippen molar-refractivity contribution in [2.24, 2.45) is 0 Å². The van der Waals surface area contributed by atoms with Gasteiger partial charge in [0.2, 0.25) is 15.9 Å².